The summed E-state index contributed by atoms with van der Waals surface area (Å²) >= 11 is 1.14. The molecule has 2 N–H and O–H groups in total. The first-order valence-corrected chi connectivity index (χ1v) is 6.87. The van der Waals surface area contributed by atoms with Crippen LogP contribution in [0.1, 0.15) is 0 Å². The smallest absolute Gasteiger partial charge is 0.312 e. The summed E-state index contributed by atoms with van der Waals surface area (Å²) in [7, 11) is 1.74. The predicted octanol–water partition coefficient (Wildman–Crippen LogP) is 1.39. The quantitative estimate of drug-likeness (QED) is 0.833. The number of aryl methyl sites for hydroxylation is 1. The summed E-state index contributed by atoms with van der Waals surface area (Å²) in [4.78, 5) is 23.1. The number of aromatic nitrogens is 3. The SMILES string of the molecule is Cn1cnnc1SCC(=O)NC(=O)Nc1ccccc1F. The molecule has 1 aromatic heterocycles. The summed E-state index contributed by atoms with van der Waals surface area (Å²) in [6.45, 7) is 0. The Bertz CT molecular complexity index is 661. The van der Waals surface area contributed by atoms with Crippen molar-refractivity contribution in [3.05, 3.63) is 36.4 Å². The number of benzene rings is 1. The molecule has 0 aliphatic carbocycles. The monoisotopic (exact) mass is 309 g/mol. The van der Waals surface area contributed by atoms with E-state index in [1.165, 1.54) is 24.5 Å². The number of imide groups is 1. The van der Waals surface area contributed by atoms with Gasteiger partial charge < -0.3 is 9.88 Å². The second-order valence-corrected chi connectivity index (χ2v) is 4.94. The minimum absolute atomic E-state index is 0.00275. The van der Waals surface area contributed by atoms with Gasteiger partial charge in [-0.3, -0.25) is 10.1 Å². The third-order valence-corrected chi connectivity index (χ3v) is 3.41. The molecule has 1 heterocycles. The van der Waals surface area contributed by atoms with Gasteiger partial charge in [0.05, 0.1) is 11.4 Å². The van der Waals surface area contributed by atoms with Crippen LogP contribution in [-0.4, -0.2) is 32.5 Å². The van der Waals surface area contributed by atoms with Crippen LogP contribution in [0.25, 0.3) is 0 Å². The highest BCUT2D eigenvalue weighted by atomic mass is 32.2. The highest BCUT2D eigenvalue weighted by Gasteiger charge is 2.11. The van der Waals surface area contributed by atoms with E-state index in [4.69, 9.17) is 0 Å². The van der Waals surface area contributed by atoms with Gasteiger partial charge in [-0.15, -0.1) is 10.2 Å². The zero-order chi connectivity index (χ0) is 15.2. The molecule has 0 saturated carbocycles. The van der Waals surface area contributed by atoms with Crippen LogP contribution in [0.3, 0.4) is 0 Å². The van der Waals surface area contributed by atoms with Crippen molar-refractivity contribution in [3.8, 4) is 0 Å². The van der Waals surface area contributed by atoms with E-state index in [1.54, 1.807) is 17.7 Å². The van der Waals surface area contributed by atoms with Crippen LogP contribution >= 0.6 is 11.8 Å². The van der Waals surface area contributed by atoms with E-state index in [1.807, 2.05) is 0 Å². The first kappa shape index (κ1) is 15.0. The van der Waals surface area contributed by atoms with Crippen LogP contribution in [0.5, 0.6) is 0 Å². The number of thioether (sulfide) groups is 1. The largest absolute Gasteiger partial charge is 0.325 e. The van der Waals surface area contributed by atoms with Crippen LogP contribution in [0.2, 0.25) is 0 Å². The molecule has 7 nitrogen and oxygen atoms in total. The van der Waals surface area contributed by atoms with Gasteiger partial charge in [0.25, 0.3) is 0 Å². The van der Waals surface area contributed by atoms with Gasteiger partial charge in [-0.2, -0.15) is 0 Å². The summed E-state index contributed by atoms with van der Waals surface area (Å²) in [5.74, 6) is -1.09. The number of nitrogens with one attached hydrogen (secondary N) is 2. The van der Waals surface area contributed by atoms with Gasteiger partial charge in [0.15, 0.2) is 5.16 Å². The summed E-state index contributed by atoms with van der Waals surface area (Å²) in [5, 5.41) is 12.4. The highest BCUT2D eigenvalue weighted by Crippen LogP contribution is 2.13. The van der Waals surface area contributed by atoms with Crippen LogP contribution in [-0.2, 0) is 11.8 Å². The maximum atomic E-state index is 13.3. The Kier molecular flexibility index (Phi) is 4.88. The second kappa shape index (κ2) is 6.84. The molecular formula is C12H12FN5O2S. The van der Waals surface area contributed by atoms with Crippen molar-refractivity contribution in [2.45, 2.75) is 5.16 Å². The number of amides is 3. The minimum Gasteiger partial charge on any atom is -0.312 e. The Labute approximate surface area is 123 Å². The molecule has 0 spiro atoms. The third-order valence-electron chi connectivity index (χ3n) is 2.38. The fourth-order valence-corrected chi connectivity index (χ4v) is 2.10. The molecule has 0 fully saturated rings. The molecule has 0 bridgehead atoms. The number of hydrogen-bond acceptors (Lipinski definition) is 5. The van der Waals surface area contributed by atoms with Crippen molar-refractivity contribution < 1.29 is 14.0 Å². The lowest BCUT2D eigenvalue weighted by atomic mass is 10.3. The van der Waals surface area contributed by atoms with Gasteiger partial charge in [-0.25, -0.2) is 9.18 Å². The molecular weight excluding hydrogens is 297 g/mol. The molecule has 9 heteroatoms. The van der Waals surface area contributed by atoms with E-state index in [0.29, 0.717) is 5.16 Å². The molecule has 3 amide bonds. The van der Waals surface area contributed by atoms with Crippen molar-refractivity contribution in [1.29, 1.82) is 0 Å². The summed E-state index contributed by atoms with van der Waals surface area (Å²) < 4.78 is 15.0. The van der Waals surface area contributed by atoms with E-state index in [0.717, 1.165) is 11.8 Å². The number of urea groups is 1. The van der Waals surface area contributed by atoms with E-state index < -0.39 is 17.8 Å². The zero-order valence-electron chi connectivity index (χ0n) is 11.0. The standard InChI is InChI=1S/C12H12FN5O2S/c1-18-7-14-17-12(18)21-6-10(19)16-11(20)15-9-5-3-2-4-8(9)13/h2-5,7H,6H2,1H3,(H2,15,16,19,20). The van der Waals surface area contributed by atoms with Crippen molar-refractivity contribution in [2.24, 2.45) is 7.05 Å². The number of hydrogen-bond donors (Lipinski definition) is 2. The van der Waals surface area contributed by atoms with E-state index in [2.05, 4.69) is 20.8 Å². The molecule has 0 radical (unpaired) electrons. The van der Waals surface area contributed by atoms with Crippen molar-refractivity contribution in [2.75, 3.05) is 11.1 Å². The normalized spacial score (nSPS) is 10.2. The lowest BCUT2D eigenvalue weighted by Gasteiger charge is -2.07. The van der Waals surface area contributed by atoms with Gasteiger partial charge in [0.1, 0.15) is 12.1 Å². The first-order chi connectivity index (χ1) is 10.1. The van der Waals surface area contributed by atoms with Gasteiger partial charge in [-0.05, 0) is 12.1 Å². The number of para-hydroxylation sites is 1. The molecule has 110 valence electrons. The van der Waals surface area contributed by atoms with Gasteiger partial charge in [0, 0.05) is 7.05 Å². The number of halogens is 1. The van der Waals surface area contributed by atoms with Crippen LogP contribution in [0.4, 0.5) is 14.9 Å². The number of nitrogens with zero attached hydrogens (tertiary/aromatic N) is 3. The summed E-state index contributed by atoms with van der Waals surface area (Å²) in [6.07, 6.45) is 1.51. The molecule has 2 aromatic rings. The molecule has 1 aromatic carbocycles. The number of anilines is 1. The minimum atomic E-state index is -0.788. The maximum Gasteiger partial charge on any atom is 0.325 e. The molecule has 21 heavy (non-hydrogen) atoms. The average molecular weight is 309 g/mol. The Morgan fingerprint density at radius 2 is 2.14 bits per heavy atom. The molecule has 0 saturated heterocycles. The molecule has 0 aliphatic rings. The number of carbonyl (C=O) groups is 2. The molecule has 2 rings (SSSR count). The molecule has 0 aliphatic heterocycles. The Hall–Kier alpha value is -2.42. The first-order valence-electron chi connectivity index (χ1n) is 5.88. The zero-order valence-corrected chi connectivity index (χ0v) is 11.9. The van der Waals surface area contributed by atoms with Crippen molar-refractivity contribution in [1.82, 2.24) is 20.1 Å². The van der Waals surface area contributed by atoms with Gasteiger partial charge >= 0.3 is 6.03 Å². The number of carbonyl (C=O) groups excluding carboxylic acids is 2. The van der Waals surface area contributed by atoms with Crippen LogP contribution < -0.4 is 10.6 Å². The molecule has 0 unspecified atom stereocenters. The van der Waals surface area contributed by atoms with Crippen LogP contribution in [0.15, 0.2) is 35.7 Å². The third kappa shape index (κ3) is 4.28. The fourth-order valence-electron chi connectivity index (χ4n) is 1.41. The average Bonchev–Trinajstić information content (AvgIpc) is 2.84. The van der Waals surface area contributed by atoms with Crippen molar-refractivity contribution in [3.63, 3.8) is 0 Å². The number of rotatable bonds is 4. The maximum absolute atomic E-state index is 13.3. The van der Waals surface area contributed by atoms with Crippen LogP contribution in [0, 0.1) is 5.82 Å². The topological polar surface area (TPSA) is 88.9 Å². The predicted molar refractivity (Wildman–Crippen MR) is 75.3 cm³/mol. The summed E-state index contributed by atoms with van der Waals surface area (Å²) in [6, 6.07) is 4.89. The molecule has 0 atom stereocenters. The van der Waals surface area contributed by atoms with E-state index in [9.17, 15) is 14.0 Å². The Balaban J connectivity index is 1.81. The van der Waals surface area contributed by atoms with E-state index >= 15 is 0 Å². The lowest BCUT2D eigenvalue weighted by molar-refractivity contribution is -0.117. The van der Waals surface area contributed by atoms with Gasteiger partial charge in [0.2, 0.25) is 5.91 Å². The second-order valence-electron chi connectivity index (χ2n) is 4.00. The van der Waals surface area contributed by atoms with Crippen molar-refractivity contribution >= 4 is 29.4 Å². The van der Waals surface area contributed by atoms with Gasteiger partial charge in [-0.1, -0.05) is 23.9 Å². The highest BCUT2D eigenvalue weighted by molar-refractivity contribution is 7.99. The lowest BCUT2D eigenvalue weighted by Crippen LogP contribution is -2.35. The fraction of sp³-hybridized carbons (Fsp3) is 0.167. The summed E-state index contributed by atoms with van der Waals surface area (Å²) in [5.41, 5.74) is 0.00348. The Morgan fingerprint density at radius 3 is 2.81 bits per heavy atom. The Morgan fingerprint density at radius 1 is 1.38 bits per heavy atom. The van der Waals surface area contributed by atoms with E-state index in [-0.39, 0.29) is 11.4 Å².